The van der Waals surface area contributed by atoms with Crippen LogP contribution in [0.1, 0.15) is 11.1 Å². The van der Waals surface area contributed by atoms with Crippen molar-refractivity contribution in [2.45, 2.75) is 13.1 Å². The minimum absolute atomic E-state index is 1.01. The van der Waals surface area contributed by atoms with Gasteiger partial charge >= 0.3 is 0 Å². The van der Waals surface area contributed by atoms with Crippen LogP contribution in [0.2, 0.25) is 0 Å². The van der Waals surface area contributed by atoms with Gasteiger partial charge in [0.05, 0.1) is 0 Å². The first kappa shape index (κ1) is 16.0. The van der Waals surface area contributed by atoms with Crippen molar-refractivity contribution in [3.05, 3.63) is 65.7 Å². The number of benzene rings is 2. The maximum absolute atomic E-state index is 2.55. The molecule has 0 atom stereocenters. The minimum Gasteiger partial charge on any atom is -0.369 e. The van der Waals surface area contributed by atoms with Gasteiger partial charge in [-0.3, -0.25) is 4.90 Å². The molecule has 3 rings (SSSR count). The van der Waals surface area contributed by atoms with Crippen molar-refractivity contribution >= 4 is 5.69 Å². The molecule has 0 aliphatic carbocycles. The van der Waals surface area contributed by atoms with Crippen LogP contribution in [0.15, 0.2) is 54.6 Å². The summed E-state index contributed by atoms with van der Waals surface area (Å²) in [5.41, 5.74) is 4.14. The average Bonchev–Trinajstić information content (AvgIpc) is 2.57. The predicted molar refractivity (Wildman–Crippen MR) is 97.8 cm³/mol. The van der Waals surface area contributed by atoms with Gasteiger partial charge in [-0.15, -0.1) is 0 Å². The highest BCUT2D eigenvalue weighted by atomic mass is 15.3. The van der Waals surface area contributed by atoms with Gasteiger partial charge in [0, 0.05) is 45.0 Å². The van der Waals surface area contributed by atoms with Gasteiger partial charge < -0.3 is 9.80 Å². The molecule has 0 saturated carbocycles. The molecule has 0 amide bonds. The first-order chi connectivity index (χ1) is 11.2. The van der Waals surface area contributed by atoms with Crippen LogP contribution in [0, 0.1) is 0 Å². The molecule has 0 spiro atoms. The van der Waals surface area contributed by atoms with Crippen molar-refractivity contribution in [3.8, 4) is 0 Å². The molecule has 2 aromatic rings. The van der Waals surface area contributed by atoms with Gasteiger partial charge in [-0.05, 0) is 37.4 Å². The fourth-order valence-electron chi connectivity index (χ4n) is 3.18. The second-order valence-electron chi connectivity index (χ2n) is 6.65. The Bertz CT molecular complexity index is 584. The normalized spacial score (nSPS) is 16.0. The fourth-order valence-corrected chi connectivity index (χ4v) is 3.18. The maximum atomic E-state index is 2.55. The Morgan fingerprint density at radius 1 is 0.783 bits per heavy atom. The zero-order valence-corrected chi connectivity index (χ0v) is 14.3. The predicted octanol–water partition coefficient (Wildman–Crippen LogP) is 3.07. The number of nitrogens with zero attached hydrogens (tertiary/aromatic N) is 3. The number of rotatable bonds is 5. The van der Waals surface area contributed by atoms with Crippen LogP contribution in [-0.2, 0) is 13.1 Å². The van der Waals surface area contributed by atoms with E-state index in [1.54, 1.807) is 0 Å². The second kappa shape index (κ2) is 7.62. The van der Waals surface area contributed by atoms with E-state index in [1.807, 2.05) is 0 Å². The Labute approximate surface area is 140 Å². The summed E-state index contributed by atoms with van der Waals surface area (Å²) in [5, 5.41) is 0. The zero-order valence-electron chi connectivity index (χ0n) is 14.3. The molecule has 3 heteroatoms. The van der Waals surface area contributed by atoms with E-state index in [1.165, 1.54) is 16.8 Å². The van der Waals surface area contributed by atoms with Gasteiger partial charge in [-0.2, -0.15) is 0 Å². The van der Waals surface area contributed by atoms with Crippen molar-refractivity contribution in [1.82, 2.24) is 9.80 Å². The average molecular weight is 309 g/mol. The maximum Gasteiger partial charge on any atom is 0.0367 e. The minimum atomic E-state index is 1.01. The molecule has 1 saturated heterocycles. The van der Waals surface area contributed by atoms with E-state index in [9.17, 15) is 0 Å². The molecule has 1 aliphatic rings. The monoisotopic (exact) mass is 309 g/mol. The Morgan fingerprint density at radius 3 is 2.04 bits per heavy atom. The summed E-state index contributed by atoms with van der Waals surface area (Å²) in [6, 6.07) is 19.8. The Morgan fingerprint density at radius 2 is 1.43 bits per heavy atom. The topological polar surface area (TPSA) is 9.72 Å². The van der Waals surface area contributed by atoms with E-state index in [0.29, 0.717) is 0 Å². The molecular weight excluding hydrogens is 282 g/mol. The summed E-state index contributed by atoms with van der Waals surface area (Å²) < 4.78 is 0. The van der Waals surface area contributed by atoms with E-state index >= 15 is 0 Å². The van der Waals surface area contributed by atoms with Gasteiger partial charge in [-0.1, -0.05) is 42.5 Å². The van der Waals surface area contributed by atoms with Crippen molar-refractivity contribution in [2.75, 3.05) is 45.2 Å². The highest BCUT2D eigenvalue weighted by Crippen LogP contribution is 2.18. The summed E-state index contributed by atoms with van der Waals surface area (Å²) in [4.78, 5) is 7.25. The number of hydrogen-bond donors (Lipinski definition) is 0. The van der Waals surface area contributed by atoms with Crippen molar-refractivity contribution in [2.24, 2.45) is 0 Å². The van der Waals surface area contributed by atoms with E-state index in [2.05, 4.69) is 83.4 Å². The van der Waals surface area contributed by atoms with Crippen LogP contribution < -0.4 is 4.90 Å². The Hall–Kier alpha value is -1.84. The van der Waals surface area contributed by atoms with Crippen LogP contribution in [0.25, 0.3) is 0 Å². The molecule has 2 aromatic carbocycles. The molecule has 1 heterocycles. The largest absolute Gasteiger partial charge is 0.369 e. The molecule has 0 bridgehead atoms. The summed E-state index contributed by atoms with van der Waals surface area (Å²) in [7, 11) is 4.22. The van der Waals surface area contributed by atoms with Crippen molar-refractivity contribution in [3.63, 3.8) is 0 Å². The van der Waals surface area contributed by atoms with E-state index < -0.39 is 0 Å². The van der Waals surface area contributed by atoms with Crippen molar-refractivity contribution < 1.29 is 0 Å². The molecule has 0 radical (unpaired) electrons. The molecule has 122 valence electrons. The molecule has 1 aliphatic heterocycles. The standard InChI is InChI=1S/C20H27N3/c1-21(2)16-19-8-10-20(11-9-19)23-14-12-22(13-15-23)17-18-6-4-3-5-7-18/h3-11H,12-17H2,1-2H3. The summed E-state index contributed by atoms with van der Waals surface area (Å²) in [5.74, 6) is 0. The summed E-state index contributed by atoms with van der Waals surface area (Å²) in [6.45, 7) is 6.56. The Balaban J connectivity index is 1.52. The van der Waals surface area contributed by atoms with E-state index in [4.69, 9.17) is 0 Å². The molecule has 3 nitrogen and oxygen atoms in total. The third-order valence-electron chi connectivity index (χ3n) is 4.42. The summed E-state index contributed by atoms with van der Waals surface area (Å²) >= 11 is 0. The van der Waals surface area contributed by atoms with Crippen molar-refractivity contribution in [1.29, 1.82) is 0 Å². The van der Waals surface area contributed by atoms with Gasteiger partial charge in [0.25, 0.3) is 0 Å². The first-order valence-corrected chi connectivity index (χ1v) is 8.45. The lowest BCUT2D eigenvalue weighted by Gasteiger charge is -2.36. The quantitative estimate of drug-likeness (QED) is 0.840. The van der Waals surface area contributed by atoms with Crippen LogP contribution in [0.4, 0.5) is 5.69 Å². The van der Waals surface area contributed by atoms with Crippen LogP contribution in [0.3, 0.4) is 0 Å². The lowest BCUT2D eigenvalue weighted by molar-refractivity contribution is 0.250. The highest BCUT2D eigenvalue weighted by Gasteiger charge is 2.17. The van der Waals surface area contributed by atoms with Gasteiger partial charge in [-0.25, -0.2) is 0 Å². The van der Waals surface area contributed by atoms with Crippen LogP contribution in [0.5, 0.6) is 0 Å². The lowest BCUT2D eigenvalue weighted by Crippen LogP contribution is -2.45. The zero-order chi connectivity index (χ0) is 16.1. The molecule has 23 heavy (non-hydrogen) atoms. The summed E-state index contributed by atoms with van der Waals surface area (Å²) in [6.07, 6.45) is 0. The molecule has 0 unspecified atom stereocenters. The number of anilines is 1. The van der Waals surface area contributed by atoms with E-state index in [-0.39, 0.29) is 0 Å². The third-order valence-corrected chi connectivity index (χ3v) is 4.42. The number of hydrogen-bond acceptors (Lipinski definition) is 3. The van der Waals surface area contributed by atoms with Gasteiger partial charge in [0.15, 0.2) is 0 Å². The molecule has 0 aromatic heterocycles. The van der Waals surface area contributed by atoms with Gasteiger partial charge in [0.2, 0.25) is 0 Å². The van der Waals surface area contributed by atoms with Crippen LogP contribution >= 0.6 is 0 Å². The molecular formula is C20H27N3. The second-order valence-corrected chi connectivity index (χ2v) is 6.65. The Kier molecular flexibility index (Phi) is 5.31. The fraction of sp³-hybridized carbons (Fsp3) is 0.400. The third kappa shape index (κ3) is 4.57. The highest BCUT2D eigenvalue weighted by molar-refractivity contribution is 5.48. The lowest BCUT2D eigenvalue weighted by atomic mass is 10.1. The number of piperazine rings is 1. The molecule has 0 N–H and O–H groups in total. The van der Waals surface area contributed by atoms with E-state index in [0.717, 1.165) is 39.3 Å². The first-order valence-electron chi connectivity index (χ1n) is 8.45. The SMILES string of the molecule is CN(C)Cc1ccc(N2CCN(Cc3ccccc3)CC2)cc1. The smallest absolute Gasteiger partial charge is 0.0367 e. The molecule has 1 fully saturated rings. The van der Waals surface area contributed by atoms with Gasteiger partial charge in [0.1, 0.15) is 0 Å². The van der Waals surface area contributed by atoms with Crippen LogP contribution in [-0.4, -0.2) is 50.1 Å².